The second kappa shape index (κ2) is 8.17. The lowest BCUT2D eigenvalue weighted by atomic mass is 10.1. The quantitative estimate of drug-likeness (QED) is 0.907. The molecule has 2 aromatic rings. The molecular formula is C20H25N3O3. The third-order valence-corrected chi connectivity index (χ3v) is 4.68. The van der Waals surface area contributed by atoms with E-state index < -0.39 is 0 Å². The molecule has 1 aromatic carbocycles. The molecule has 1 N–H and O–H groups in total. The fourth-order valence-electron chi connectivity index (χ4n) is 3.08. The standard InChI is InChI=1S/C20H25N3O3/c1-14-15(2)26-20(21-14)16-8-7-9-17(12-16)22-18(24)13-23-11-6-4-3-5-10-19(23)25/h7-9,12H,3-6,10-11,13H2,1-2H3,(H,22,24). The fourth-order valence-corrected chi connectivity index (χ4v) is 3.08. The van der Waals surface area contributed by atoms with Gasteiger partial charge in [0.25, 0.3) is 0 Å². The smallest absolute Gasteiger partial charge is 0.243 e. The minimum absolute atomic E-state index is 0.0688. The molecule has 0 aliphatic carbocycles. The van der Waals surface area contributed by atoms with E-state index in [1.807, 2.05) is 38.1 Å². The van der Waals surface area contributed by atoms with Crippen molar-refractivity contribution in [1.82, 2.24) is 9.88 Å². The highest BCUT2D eigenvalue weighted by Crippen LogP contribution is 2.24. The third kappa shape index (κ3) is 4.50. The molecule has 2 amide bonds. The number of oxazole rings is 1. The zero-order valence-corrected chi connectivity index (χ0v) is 15.4. The minimum atomic E-state index is -0.184. The first-order chi connectivity index (χ1) is 12.5. The highest BCUT2D eigenvalue weighted by molar-refractivity contribution is 5.95. The summed E-state index contributed by atoms with van der Waals surface area (Å²) in [5.41, 5.74) is 2.33. The molecule has 26 heavy (non-hydrogen) atoms. The van der Waals surface area contributed by atoms with Gasteiger partial charge in [0.05, 0.1) is 12.2 Å². The van der Waals surface area contributed by atoms with E-state index in [9.17, 15) is 9.59 Å². The molecule has 2 heterocycles. The van der Waals surface area contributed by atoms with E-state index in [4.69, 9.17) is 4.42 Å². The summed E-state index contributed by atoms with van der Waals surface area (Å²) < 4.78 is 5.64. The molecule has 0 bridgehead atoms. The maximum absolute atomic E-state index is 12.4. The van der Waals surface area contributed by atoms with Crippen LogP contribution < -0.4 is 5.32 Å². The van der Waals surface area contributed by atoms with Crippen LogP contribution in [-0.4, -0.2) is 34.8 Å². The Morgan fingerprint density at radius 3 is 2.81 bits per heavy atom. The van der Waals surface area contributed by atoms with E-state index in [1.165, 1.54) is 0 Å². The number of hydrogen-bond acceptors (Lipinski definition) is 4. The molecule has 0 radical (unpaired) electrons. The zero-order chi connectivity index (χ0) is 18.5. The van der Waals surface area contributed by atoms with Crippen molar-refractivity contribution in [2.24, 2.45) is 0 Å². The van der Waals surface area contributed by atoms with Gasteiger partial charge in [-0.1, -0.05) is 18.9 Å². The number of anilines is 1. The van der Waals surface area contributed by atoms with Crippen LogP contribution in [0.1, 0.15) is 43.6 Å². The molecule has 0 unspecified atom stereocenters. The van der Waals surface area contributed by atoms with E-state index in [-0.39, 0.29) is 18.4 Å². The second-order valence-electron chi connectivity index (χ2n) is 6.77. The molecule has 1 fully saturated rings. The van der Waals surface area contributed by atoms with Gasteiger partial charge in [-0.2, -0.15) is 0 Å². The number of carbonyl (C=O) groups is 2. The number of benzene rings is 1. The van der Waals surface area contributed by atoms with Crippen LogP contribution in [0, 0.1) is 13.8 Å². The van der Waals surface area contributed by atoms with E-state index in [2.05, 4.69) is 10.3 Å². The summed E-state index contributed by atoms with van der Waals surface area (Å²) in [7, 11) is 0. The number of nitrogens with one attached hydrogen (secondary N) is 1. The van der Waals surface area contributed by atoms with Crippen LogP contribution in [0.4, 0.5) is 5.69 Å². The fraction of sp³-hybridized carbons (Fsp3) is 0.450. The Morgan fingerprint density at radius 1 is 1.23 bits per heavy atom. The lowest BCUT2D eigenvalue weighted by molar-refractivity contribution is -0.135. The van der Waals surface area contributed by atoms with Crippen LogP contribution in [-0.2, 0) is 9.59 Å². The molecule has 0 saturated carbocycles. The van der Waals surface area contributed by atoms with Crippen LogP contribution in [0.25, 0.3) is 11.5 Å². The number of amides is 2. The Hall–Kier alpha value is -2.63. The lowest BCUT2D eigenvalue weighted by Crippen LogP contribution is -2.39. The largest absolute Gasteiger partial charge is 0.441 e. The molecule has 1 aliphatic heterocycles. The third-order valence-electron chi connectivity index (χ3n) is 4.68. The van der Waals surface area contributed by atoms with Crippen molar-refractivity contribution < 1.29 is 14.0 Å². The highest BCUT2D eigenvalue weighted by atomic mass is 16.4. The number of hydrogen-bond donors (Lipinski definition) is 1. The van der Waals surface area contributed by atoms with E-state index in [1.54, 1.807) is 4.90 Å². The van der Waals surface area contributed by atoms with Crippen molar-refractivity contribution in [3.8, 4) is 11.5 Å². The van der Waals surface area contributed by atoms with Gasteiger partial charge < -0.3 is 14.6 Å². The molecule has 138 valence electrons. The van der Waals surface area contributed by atoms with E-state index >= 15 is 0 Å². The van der Waals surface area contributed by atoms with Crippen LogP contribution in [0.5, 0.6) is 0 Å². The number of aryl methyl sites for hydroxylation is 2. The van der Waals surface area contributed by atoms with Gasteiger partial charge in [0.15, 0.2) is 0 Å². The van der Waals surface area contributed by atoms with Gasteiger partial charge in [-0.3, -0.25) is 9.59 Å². The number of nitrogens with zero attached hydrogens (tertiary/aromatic N) is 2. The first-order valence-electron chi connectivity index (χ1n) is 9.15. The number of rotatable bonds is 4. The van der Waals surface area contributed by atoms with Crippen molar-refractivity contribution in [3.63, 3.8) is 0 Å². The topological polar surface area (TPSA) is 75.4 Å². The molecule has 1 aromatic heterocycles. The van der Waals surface area contributed by atoms with Crippen molar-refractivity contribution >= 4 is 17.5 Å². The van der Waals surface area contributed by atoms with Crippen LogP contribution >= 0.6 is 0 Å². The normalized spacial score (nSPS) is 15.5. The zero-order valence-electron chi connectivity index (χ0n) is 15.4. The number of aromatic nitrogens is 1. The van der Waals surface area contributed by atoms with Gasteiger partial charge in [-0.05, 0) is 44.9 Å². The monoisotopic (exact) mass is 355 g/mol. The van der Waals surface area contributed by atoms with Crippen molar-refractivity contribution in [2.45, 2.75) is 46.0 Å². The summed E-state index contributed by atoms with van der Waals surface area (Å²) in [5, 5.41) is 2.88. The van der Waals surface area contributed by atoms with Gasteiger partial charge in [0.2, 0.25) is 17.7 Å². The molecule has 1 aliphatic rings. The van der Waals surface area contributed by atoms with Crippen molar-refractivity contribution in [3.05, 3.63) is 35.7 Å². The maximum atomic E-state index is 12.4. The van der Waals surface area contributed by atoms with Gasteiger partial charge in [-0.15, -0.1) is 0 Å². The molecule has 0 spiro atoms. The summed E-state index contributed by atoms with van der Waals surface area (Å²) in [6.07, 6.45) is 4.61. The van der Waals surface area contributed by atoms with Crippen LogP contribution in [0.3, 0.4) is 0 Å². The predicted molar refractivity (Wildman–Crippen MR) is 99.7 cm³/mol. The summed E-state index contributed by atoms with van der Waals surface area (Å²) in [6.45, 7) is 4.52. The summed E-state index contributed by atoms with van der Waals surface area (Å²) in [4.78, 5) is 30.6. The molecule has 3 rings (SSSR count). The average Bonchev–Trinajstić information content (AvgIpc) is 2.94. The van der Waals surface area contributed by atoms with Crippen LogP contribution in [0.15, 0.2) is 28.7 Å². The molecule has 0 atom stereocenters. The summed E-state index contributed by atoms with van der Waals surface area (Å²) in [6, 6.07) is 7.39. The van der Waals surface area contributed by atoms with Crippen molar-refractivity contribution in [1.29, 1.82) is 0 Å². The Kier molecular flexibility index (Phi) is 5.71. The van der Waals surface area contributed by atoms with Crippen LogP contribution in [0.2, 0.25) is 0 Å². The van der Waals surface area contributed by atoms with Gasteiger partial charge in [0.1, 0.15) is 5.76 Å². The Labute approximate surface area is 153 Å². The maximum Gasteiger partial charge on any atom is 0.243 e. The average molecular weight is 355 g/mol. The van der Waals surface area contributed by atoms with E-state index in [0.29, 0.717) is 24.5 Å². The SMILES string of the molecule is Cc1nc(-c2cccc(NC(=O)CN3CCCCCCC3=O)c2)oc1C. The second-order valence-corrected chi connectivity index (χ2v) is 6.77. The van der Waals surface area contributed by atoms with Gasteiger partial charge in [-0.25, -0.2) is 4.98 Å². The molecule has 6 nitrogen and oxygen atoms in total. The minimum Gasteiger partial charge on any atom is -0.441 e. The number of likely N-dealkylation sites (tertiary alicyclic amines) is 1. The van der Waals surface area contributed by atoms with Gasteiger partial charge >= 0.3 is 0 Å². The Bertz CT molecular complexity index is 778. The van der Waals surface area contributed by atoms with Gasteiger partial charge in [0, 0.05) is 24.2 Å². The first-order valence-corrected chi connectivity index (χ1v) is 9.15. The lowest BCUT2D eigenvalue weighted by Gasteiger charge is -2.24. The van der Waals surface area contributed by atoms with E-state index in [0.717, 1.165) is 42.7 Å². The first kappa shape index (κ1) is 18.2. The highest BCUT2D eigenvalue weighted by Gasteiger charge is 2.18. The summed E-state index contributed by atoms with van der Waals surface area (Å²) in [5.74, 6) is 1.20. The Balaban J connectivity index is 1.65. The predicted octanol–water partition coefficient (Wildman–Crippen LogP) is 3.69. The molecular weight excluding hydrogens is 330 g/mol. The summed E-state index contributed by atoms with van der Waals surface area (Å²) >= 11 is 0. The number of carbonyl (C=O) groups excluding carboxylic acids is 2. The van der Waals surface area contributed by atoms with Crippen molar-refractivity contribution in [2.75, 3.05) is 18.4 Å². The Morgan fingerprint density at radius 2 is 2.04 bits per heavy atom. The molecule has 6 heteroatoms. The molecule has 1 saturated heterocycles.